The molecule has 0 amide bonds. The maximum absolute atomic E-state index is 12.0. The summed E-state index contributed by atoms with van der Waals surface area (Å²) in [6.07, 6.45) is 16.3. The van der Waals surface area contributed by atoms with Crippen LogP contribution < -0.4 is 0 Å². The molecule has 1 aliphatic carbocycles. The van der Waals surface area contributed by atoms with Crippen LogP contribution in [0.25, 0.3) is 11.4 Å². The van der Waals surface area contributed by atoms with Gasteiger partial charge in [0.25, 0.3) is 0 Å². The number of carbonyl (C=O) groups is 1. The predicted molar refractivity (Wildman–Crippen MR) is 141 cm³/mol. The lowest BCUT2D eigenvalue weighted by Crippen LogP contribution is -2.37. The number of rotatable bonds is 13. The average Bonchev–Trinajstić information content (AvgIpc) is 2.92. The van der Waals surface area contributed by atoms with Crippen molar-refractivity contribution in [2.24, 2.45) is 0 Å². The number of carbonyl (C=O) groups excluding carboxylic acids is 1. The SMILES string of the molecule is CCCCCCCCc1cnc(-c2ccc(C3CCC(C#N)(OC(=O)OCCCC)CC3)cc2)nc1. The van der Waals surface area contributed by atoms with Crippen molar-refractivity contribution in [1.82, 2.24) is 9.97 Å². The van der Waals surface area contributed by atoms with Gasteiger partial charge in [-0.1, -0.05) is 76.6 Å². The van der Waals surface area contributed by atoms with Gasteiger partial charge in [0, 0.05) is 30.8 Å². The standard InChI is InChI=1S/C30H41N3O3/c1-3-5-7-8-9-10-11-24-21-32-28(33-22-24)27-14-12-25(13-15-27)26-16-18-30(23-31,19-17-26)36-29(34)35-20-6-4-2/h12-15,21-22,26H,3-11,16-20H2,1-2H3. The number of nitriles is 1. The van der Waals surface area contributed by atoms with E-state index >= 15 is 0 Å². The smallest absolute Gasteiger partial charge is 0.434 e. The van der Waals surface area contributed by atoms with Gasteiger partial charge in [0.05, 0.1) is 6.61 Å². The summed E-state index contributed by atoms with van der Waals surface area (Å²) in [5.74, 6) is 1.08. The Morgan fingerprint density at radius 3 is 2.25 bits per heavy atom. The summed E-state index contributed by atoms with van der Waals surface area (Å²) in [5, 5.41) is 9.70. The van der Waals surface area contributed by atoms with Crippen LogP contribution in [-0.4, -0.2) is 28.3 Å². The first-order valence-electron chi connectivity index (χ1n) is 13.8. The molecule has 1 saturated carbocycles. The molecule has 0 saturated heterocycles. The Morgan fingerprint density at radius 2 is 1.61 bits per heavy atom. The van der Waals surface area contributed by atoms with Gasteiger partial charge in [-0.25, -0.2) is 14.8 Å². The number of aromatic nitrogens is 2. The molecule has 6 nitrogen and oxygen atoms in total. The third-order valence-electron chi connectivity index (χ3n) is 7.16. The summed E-state index contributed by atoms with van der Waals surface area (Å²) in [6.45, 7) is 4.60. The van der Waals surface area contributed by atoms with Gasteiger partial charge in [-0.05, 0) is 49.1 Å². The van der Waals surface area contributed by atoms with E-state index in [1.807, 2.05) is 19.3 Å². The van der Waals surface area contributed by atoms with Crippen LogP contribution in [0.2, 0.25) is 0 Å². The Kier molecular flexibility index (Phi) is 11.2. The second kappa shape index (κ2) is 14.6. The normalized spacial score (nSPS) is 19.4. The molecule has 0 N–H and O–H groups in total. The highest BCUT2D eigenvalue weighted by molar-refractivity contribution is 5.61. The minimum atomic E-state index is -1.08. The number of benzene rings is 1. The van der Waals surface area contributed by atoms with Crippen LogP contribution in [0.1, 0.15) is 108 Å². The van der Waals surface area contributed by atoms with Crippen LogP contribution in [-0.2, 0) is 15.9 Å². The number of ether oxygens (including phenoxy) is 2. The zero-order chi connectivity index (χ0) is 25.6. The molecular formula is C30H41N3O3. The van der Waals surface area contributed by atoms with Crippen molar-refractivity contribution >= 4 is 6.16 Å². The Hall–Kier alpha value is -2.94. The van der Waals surface area contributed by atoms with E-state index in [4.69, 9.17) is 9.47 Å². The van der Waals surface area contributed by atoms with Crippen molar-refractivity contribution in [3.8, 4) is 17.5 Å². The molecule has 194 valence electrons. The first-order chi connectivity index (χ1) is 17.6. The minimum Gasteiger partial charge on any atom is -0.434 e. The highest BCUT2D eigenvalue weighted by Crippen LogP contribution is 2.40. The molecule has 1 aliphatic rings. The lowest BCUT2D eigenvalue weighted by atomic mass is 9.76. The van der Waals surface area contributed by atoms with Gasteiger partial charge in [-0.3, -0.25) is 0 Å². The van der Waals surface area contributed by atoms with Gasteiger partial charge in [0.15, 0.2) is 5.82 Å². The number of hydrogen-bond donors (Lipinski definition) is 0. The molecule has 6 heteroatoms. The van der Waals surface area contributed by atoms with E-state index in [0.29, 0.717) is 25.4 Å². The zero-order valence-corrected chi connectivity index (χ0v) is 22.0. The van der Waals surface area contributed by atoms with E-state index < -0.39 is 11.8 Å². The molecule has 36 heavy (non-hydrogen) atoms. The quantitative estimate of drug-likeness (QED) is 0.209. The molecule has 0 bridgehead atoms. The summed E-state index contributed by atoms with van der Waals surface area (Å²) in [5.41, 5.74) is 2.36. The lowest BCUT2D eigenvalue weighted by Gasteiger charge is -2.34. The van der Waals surface area contributed by atoms with Crippen molar-refractivity contribution in [3.05, 3.63) is 47.8 Å². The maximum atomic E-state index is 12.0. The van der Waals surface area contributed by atoms with Crippen LogP contribution >= 0.6 is 0 Å². The van der Waals surface area contributed by atoms with Crippen molar-refractivity contribution in [1.29, 1.82) is 5.26 Å². The van der Waals surface area contributed by atoms with Crippen molar-refractivity contribution < 1.29 is 14.3 Å². The van der Waals surface area contributed by atoms with Gasteiger partial charge in [-0.2, -0.15) is 5.26 Å². The van der Waals surface area contributed by atoms with E-state index in [-0.39, 0.29) is 0 Å². The Balaban J connectivity index is 1.48. The average molecular weight is 492 g/mol. The molecule has 0 radical (unpaired) electrons. The van der Waals surface area contributed by atoms with E-state index in [9.17, 15) is 10.1 Å². The molecule has 2 aromatic rings. The maximum Gasteiger partial charge on any atom is 0.509 e. The number of hydrogen-bond acceptors (Lipinski definition) is 6. The van der Waals surface area contributed by atoms with E-state index in [2.05, 4.69) is 47.2 Å². The van der Waals surface area contributed by atoms with E-state index in [1.165, 1.54) is 49.7 Å². The summed E-state index contributed by atoms with van der Waals surface area (Å²) < 4.78 is 10.6. The van der Waals surface area contributed by atoms with Crippen LogP contribution in [0.3, 0.4) is 0 Å². The van der Waals surface area contributed by atoms with Crippen LogP contribution in [0.4, 0.5) is 4.79 Å². The van der Waals surface area contributed by atoms with Crippen molar-refractivity contribution in [2.45, 2.75) is 109 Å². The Morgan fingerprint density at radius 1 is 0.972 bits per heavy atom. The first-order valence-corrected chi connectivity index (χ1v) is 13.8. The van der Waals surface area contributed by atoms with Gasteiger partial charge in [0.1, 0.15) is 6.07 Å². The van der Waals surface area contributed by atoms with Crippen LogP contribution in [0.5, 0.6) is 0 Å². The molecule has 1 fully saturated rings. The molecule has 0 unspecified atom stereocenters. The number of aryl methyl sites for hydroxylation is 1. The monoisotopic (exact) mass is 491 g/mol. The van der Waals surface area contributed by atoms with Crippen LogP contribution in [0, 0.1) is 11.3 Å². The van der Waals surface area contributed by atoms with Crippen molar-refractivity contribution in [3.63, 3.8) is 0 Å². The Bertz CT molecular complexity index is 958. The summed E-state index contributed by atoms with van der Waals surface area (Å²) in [7, 11) is 0. The summed E-state index contributed by atoms with van der Waals surface area (Å²) in [6, 6.07) is 10.6. The van der Waals surface area contributed by atoms with Crippen LogP contribution in [0.15, 0.2) is 36.7 Å². The molecule has 3 rings (SSSR count). The largest absolute Gasteiger partial charge is 0.509 e. The molecule has 1 heterocycles. The molecule has 1 aromatic heterocycles. The fourth-order valence-corrected chi connectivity index (χ4v) is 4.79. The Labute approximate surface area is 216 Å². The second-order valence-corrected chi connectivity index (χ2v) is 9.99. The number of nitrogens with zero attached hydrogens (tertiary/aromatic N) is 3. The van der Waals surface area contributed by atoms with E-state index in [0.717, 1.165) is 43.5 Å². The van der Waals surface area contributed by atoms with Gasteiger partial charge in [-0.15, -0.1) is 0 Å². The molecule has 1 aromatic carbocycles. The van der Waals surface area contributed by atoms with Gasteiger partial charge in [0.2, 0.25) is 5.60 Å². The number of unbranched alkanes of at least 4 members (excludes halogenated alkanes) is 6. The van der Waals surface area contributed by atoms with Gasteiger partial charge < -0.3 is 9.47 Å². The minimum absolute atomic E-state index is 0.331. The third-order valence-corrected chi connectivity index (χ3v) is 7.16. The lowest BCUT2D eigenvalue weighted by molar-refractivity contribution is -0.0260. The fraction of sp³-hybridized carbons (Fsp3) is 0.600. The third kappa shape index (κ3) is 8.33. The molecular weight excluding hydrogens is 450 g/mol. The molecule has 0 aliphatic heterocycles. The highest BCUT2D eigenvalue weighted by atomic mass is 16.7. The second-order valence-electron chi connectivity index (χ2n) is 9.99. The van der Waals surface area contributed by atoms with Crippen molar-refractivity contribution in [2.75, 3.05) is 6.61 Å². The molecule has 0 spiro atoms. The zero-order valence-electron chi connectivity index (χ0n) is 22.0. The van der Waals surface area contributed by atoms with Gasteiger partial charge >= 0.3 is 6.16 Å². The highest BCUT2D eigenvalue weighted by Gasteiger charge is 2.40. The predicted octanol–water partition coefficient (Wildman–Crippen LogP) is 7.92. The first kappa shape index (κ1) is 27.6. The fourth-order valence-electron chi connectivity index (χ4n) is 4.79. The molecule has 0 atom stereocenters. The summed E-state index contributed by atoms with van der Waals surface area (Å²) in [4.78, 5) is 21.2. The topological polar surface area (TPSA) is 85.1 Å². The summed E-state index contributed by atoms with van der Waals surface area (Å²) >= 11 is 0. The van der Waals surface area contributed by atoms with E-state index in [1.54, 1.807) is 0 Å².